The number of ether oxygens (including phenoxy) is 1. The molecule has 1 aromatic heterocycles. The molecule has 0 unspecified atom stereocenters. The van der Waals surface area contributed by atoms with Gasteiger partial charge in [-0.25, -0.2) is 0 Å². The van der Waals surface area contributed by atoms with E-state index in [1.807, 2.05) is 30.3 Å². The molecule has 0 radical (unpaired) electrons. The average Bonchev–Trinajstić information content (AvgIpc) is 3.08. The summed E-state index contributed by atoms with van der Waals surface area (Å²) < 4.78 is 18.9. The molecule has 0 aliphatic heterocycles. The number of hydrogen-bond donors (Lipinski definition) is 1. The van der Waals surface area contributed by atoms with E-state index in [0.717, 1.165) is 16.6 Å². The van der Waals surface area contributed by atoms with Crippen LogP contribution in [0.25, 0.3) is 10.6 Å². The van der Waals surface area contributed by atoms with Crippen LogP contribution in [0.2, 0.25) is 0 Å². The summed E-state index contributed by atoms with van der Waals surface area (Å²) in [6.45, 7) is 0.179. The summed E-state index contributed by atoms with van der Waals surface area (Å²) in [5.74, 6) is -0.776. The van der Waals surface area contributed by atoms with Crippen molar-refractivity contribution in [3.05, 3.63) is 63.4 Å². The first-order valence-corrected chi connectivity index (χ1v) is 8.03. The Morgan fingerprint density at radius 1 is 1.28 bits per heavy atom. The monoisotopic (exact) mass is 360 g/mol. The summed E-state index contributed by atoms with van der Waals surface area (Å²) >= 11 is 1.35. The summed E-state index contributed by atoms with van der Waals surface area (Å²) in [5, 5.41) is 23.5. The molecule has 0 saturated carbocycles. The van der Waals surface area contributed by atoms with Gasteiger partial charge in [0, 0.05) is 17.7 Å². The quantitative estimate of drug-likeness (QED) is 0.530. The number of hydrogen-bond acceptors (Lipinski definition) is 7. The summed E-state index contributed by atoms with van der Waals surface area (Å²) in [4.78, 5) is 10.3. The maximum Gasteiger partial charge on any atom is 0.327 e. The average molecular weight is 360 g/mol. The number of aromatic nitrogens is 2. The smallest absolute Gasteiger partial charge is 0.327 e. The number of nitrogens with one attached hydrogen (secondary N) is 1. The third kappa shape index (κ3) is 3.72. The number of nitro benzene ring substituents is 1. The minimum atomic E-state index is -0.964. The minimum Gasteiger partial charge on any atom is -0.497 e. The molecule has 0 fully saturated rings. The second-order valence-corrected chi connectivity index (χ2v) is 6.05. The van der Waals surface area contributed by atoms with Crippen LogP contribution in [0.3, 0.4) is 0 Å². The predicted molar refractivity (Wildman–Crippen MR) is 92.3 cm³/mol. The number of nitro groups is 1. The van der Waals surface area contributed by atoms with Crippen LogP contribution in [-0.2, 0) is 6.54 Å². The van der Waals surface area contributed by atoms with Crippen molar-refractivity contribution >= 4 is 22.7 Å². The number of halogens is 1. The van der Waals surface area contributed by atoms with E-state index in [2.05, 4.69) is 15.5 Å². The van der Waals surface area contributed by atoms with Crippen LogP contribution < -0.4 is 10.1 Å². The molecule has 1 heterocycles. The van der Waals surface area contributed by atoms with Crippen molar-refractivity contribution in [3.63, 3.8) is 0 Å². The number of rotatable bonds is 6. The molecule has 9 heteroatoms. The Morgan fingerprint density at radius 3 is 2.72 bits per heavy atom. The number of benzene rings is 2. The molecule has 25 heavy (non-hydrogen) atoms. The Bertz CT molecular complexity index is 902. The Balaban J connectivity index is 1.81. The zero-order valence-corrected chi connectivity index (χ0v) is 13.9. The lowest BCUT2D eigenvalue weighted by atomic mass is 10.2. The molecule has 0 spiro atoms. The van der Waals surface area contributed by atoms with Crippen LogP contribution in [0.5, 0.6) is 5.75 Å². The molecule has 128 valence electrons. The van der Waals surface area contributed by atoms with Gasteiger partial charge in [-0.15, -0.1) is 10.2 Å². The van der Waals surface area contributed by atoms with Gasteiger partial charge in [0.2, 0.25) is 5.82 Å². The number of nitrogens with zero attached hydrogens (tertiary/aromatic N) is 3. The van der Waals surface area contributed by atoms with Crippen LogP contribution >= 0.6 is 11.3 Å². The molecule has 0 aliphatic rings. The normalized spacial score (nSPS) is 10.5. The van der Waals surface area contributed by atoms with E-state index in [1.165, 1.54) is 24.5 Å². The van der Waals surface area contributed by atoms with Crippen LogP contribution in [0, 0.1) is 15.9 Å². The van der Waals surface area contributed by atoms with Gasteiger partial charge < -0.3 is 10.1 Å². The summed E-state index contributed by atoms with van der Waals surface area (Å²) in [6, 6.07) is 11.9. The topological polar surface area (TPSA) is 90.2 Å². The molecule has 7 nitrogen and oxygen atoms in total. The highest BCUT2D eigenvalue weighted by Crippen LogP contribution is 2.33. The highest BCUT2D eigenvalue weighted by Gasteiger charge is 2.22. The largest absolute Gasteiger partial charge is 0.497 e. The van der Waals surface area contributed by atoms with Gasteiger partial charge in [-0.2, -0.15) is 4.39 Å². The van der Waals surface area contributed by atoms with E-state index >= 15 is 0 Å². The first-order valence-electron chi connectivity index (χ1n) is 7.22. The first kappa shape index (κ1) is 16.8. The van der Waals surface area contributed by atoms with Crippen LogP contribution in [-0.4, -0.2) is 22.2 Å². The van der Waals surface area contributed by atoms with E-state index in [1.54, 1.807) is 0 Å². The van der Waals surface area contributed by atoms with E-state index < -0.39 is 16.4 Å². The van der Waals surface area contributed by atoms with Crippen molar-refractivity contribution in [2.45, 2.75) is 6.54 Å². The van der Waals surface area contributed by atoms with Crippen molar-refractivity contribution in [1.82, 2.24) is 10.2 Å². The molecule has 0 saturated heterocycles. The van der Waals surface area contributed by atoms with E-state index in [4.69, 9.17) is 4.74 Å². The van der Waals surface area contributed by atoms with Crippen LogP contribution in [0.4, 0.5) is 15.8 Å². The van der Waals surface area contributed by atoms with Gasteiger partial charge in [-0.1, -0.05) is 41.7 Å². The minimum absolute atomic E-state index is 0.0262. The molecule has 3 rings (SSSR count). The van der Waals surface area contributed by atoms with Crippen molar-refractivity contribution < 1.29 is 14.1 Å². The Hall–Kier alpha value is -3.07. The second-order valence-electron chi connectivity index (χ2n) is 4.98. The van der Waals surface area contributed by atoms with Gasteiger partial charge >= 0.3 is 5.69 Å². The zero-order chi connectivity index (χ0) is 17.8. The Morgan fingerprint density at radius 2 is 2.04 bits per heavy atom. The number of anilines is 1. The van der Waals surface area contributed by atoms with E-state index in [-0.39, 0.29) is 18.0 Å². The molecule has 3 aromatic rings. The van der Waals surface area contributed by atoms with E-state index in [9.17, 15) is 14.5 Å². The lowest BCUT2D eigenvalue weighted by molar-refractivity contribution is -0.386. The fourth-order valence-corrected chi connectivity index (χ4v) is 2.99. The number of methoxy groups -OCH3 is 1. The molecule has 0 atom stereocenters. The second kappa shape index (κ2) is 7.22. The van der Waals surface area contributed by atoms with Crippen molar-refractivity contribution in [3.8, 4) is 16.3 Å². The third-order valence-electron chi connectivity index (χ3n) is 3.37. The highest BCUT2D eigenvalue weighted by molar-refractivity contribution is 7.14. The van der Waals surface area contributed by atoms with Crippen molar-refractivity contribution in [1.29, 1.82) is 0 Å². The molecular formula is C16H13FN4O3S. The summed E-state index contributed by atoms with van der Waals surface area (Å²) in [6.07, 6.45) is 0. The van der Waals surface area contributed by atoms with Gasteiger partial charge in [-0.05, 0) is 0 Å². The summed E-state index contributed by atoms with van der Waals surface area (Å²) in [7, 11) is 1.36. The fourth-order valence-electron chi connectivity index (χ4n) is 2.21. The van der Waals surface area contributed by atoms with E-state index in [0.29, 0.717) is 5.01 Å². The van der Waals surface area contributed by atoms with Crippen LogP contribution in [0.15, 0.2) is 42.5 Å². The summed E-state index contributed by atoms with van der Waals surface area (Å²) in [5.41, 5.74) is 0.330. The lowest BCUT2D eigenvalue weighted by Crippen LogP contribution is -2.05. The molecular weight excluding hydrogens is 347 g/mol. The van der Waals surface area contributed by atoms with Crippen LogP contribution in [0.1, 0.15) is 5.01 Å². The predicted octanol–water partition coefficient (Wildman–Crippen LogP) is 3.87. The Kier molecular flexibility index (Phi) is 4.85. The highest BCUT2D eigenvalue weighted by atomic mass is 32.1. The van der Waals surface area contributed by atoms with Crippen molar-refractivity contribution in [2.75, 3.05) is 12.4 Å². The molecule has 0 amide bonds. The standard InChI is InChI=1S/C16H13FN4O3S/c1-24-11-7-12(17)15(21(22)23)13(8-11)18-9-14-19-20-16(25-14)10-5-3-2-4-6-10/h2-8,18H,9H2,1H3. The molecule has 0 bridgehead atoms. The van der Waals surface area contributed by atoms with Gasteiger partial charge in [0.15, 0.2) is 0 Å². The van der Waals surface area contributed by atoms with Gasteiger partial charge in [0.1, 0.15) is 21.5 Å². The lowest BCUT2D eigenvalue weighted by Gasteiger charge is -2.08. The fraction of sp³-hybridized carbons (Fsp3) is 0.125. The Labute approximate surface area is 146 Å². The molecule has 0 aliphatic carbocycles. The van der Waals surface area contributed by atoms with Gasteiger partial charge in [0.25, 0.3) is 0 Å². The first-order chi connectivity index (χ1) is 12.1. The van der Waals surface area contributed by atoms with Crippen molar-refractivity contribution in [2.24, 2.45) is 0 Å². The zero-order valence-electron chi connectivity index (χ0n) is 13.1. The third-order valence-corrected chi connectivity index (χ3v) is 4.35. The maximum atomic E-state index is 13.9. The molecule has 1 N–H and O–H groups in total. The van der Waals surface area contributed by atoms with Gasteiger partial charge in [-0.3, -0.25) is 10.1 Å². The SMILES string of the molecule is COc1cc(F)c([N+](=O)[O-])c(NCc2nnc(-c3ccccc3)s2)c1. The maximum absolute atomic E-state index is 13.9. The van der Waals surface area contributed by atoms with Gasteiger partial charge in [0.05, 0.1) is 18.6 Å². The molecule has 2 aromatic carbocycles.